The fourth-order valence-electron chi connectivity index (χ4n) is 3.90. The number of hydrogen-bond donors (Lipinski definition) is 1. The molecule has 0 spiro atoms. The predicted molar refractivity (Wildman–Crippen MR) is 96.5 cm³/mol. The third kappa shape index (κ3) is 2.91. The maximum Gasteiger partial charge on any atom is 0.258 e. The topological polar surface area (TPSA) is 37.3 Å². The van der Waals surface area contributed by atoms with Gasteiger partial charge in [0.05, 0.1) is 0 Å². The van der Waals surface area contributed by atoms with E-state index in [9.17, 15) is 9.59 Å². The molecule has 0 atom stereocenters. The Bertz CT molecular complexity index is 632. The molecule has 0 heterocycles. The molecule has 1 aliphatic carbocycles. The Morgan fingerprint density at radius 3 is 1.78 bits per heavy atom. The van der Waals surface area contributed by atoms with Crippen LogP contribution in [0.3, 0.4) is 0 Å². The van der Waals surface area contributed by atoms with Crippen LogP contribution in [0, 0.1) is 5.92 Å². The van der Waals surface area contributed by atoms with Gasteiger partial charge < -0.3 is 4.80 Å². The molecular weight excluding hydrogens is 300 g/mol. The third-order valence-electron chi connectivity index (χ3n) is 5.19. The van der Waals surface area contributed by atoms with Crippen LogP contribution in [0.5, 0.6) is 0 Å². The average molecular weight is 324 g/mol. The average Bonchev–Trinajstić information content (AvgIpc) is 2.54. The second-order valence-corrected chi connectivity index (χ2v) is 11.3. The Morgan fingerprint density at radius 1 is 0.957 bits per heavy atom. The van der Waals surface area contributed by atoms with Gasteiger partial charge >= 0.3 is 0 Å². The van der Waals surface area contributed by atoms with Gasteiger partial charge in [0.1, 0.15) is 5.78 Å². The molecule has 1 N–H and O–H groups in total. The summed E-state index contributed by atoms with van der Waals surface area (Å²) in [4.78, 5) is 23.3. The number of ketones is 1. The predicted octanol–water partition coefficient (Wildman–Crippen LogP) is 2.89. The summed E-state index contributed by atoms with van der Waals surface area (Å²) < 4.78 is 0. The van der Waals surface area contributed by atoms with Gasteiger partial charge in [0, 0.05) is 12.8 Å². The second-order valence-electron chi connectivity index (χ2n) is 7.34. The molecule has 1 aliphatic rings. The van der Waals surface area contributed by atoms with Crippen molar-refractivity contribution in [2.45, 2.75) is 38.1 Å². The molecule has 0 amide bonds. The number of hydrogen-bond acceptors (Lipinski definition) is 2. The highest BCUT2D eigenvalue weighted by Gasteiger charge is 2.51. The van der Waals surface area contributed by atoms with Crippen LogP contribution < -0.4 is 10.4 Å². The van der Waals surface area contributed by atoms with Crippen molar-refractivity contribution >= 4 is 24.5 Å². The van der Waals surface area contributed by atoms with Crippen LogP contribution in [0.15, 0.2) is 60.7 Å². The molecule has 2 aromatic rings. The van der Waals surface area contributed by atoms with Crippen molar-refractivity contribution in [3.05, 3.63) is 60.7 Å². The quantitative estimate of drug-likeness (QED) is 0.859. The molecule has 3 rings (SSSR count). The molecule has 120 valence electrons. The number of benzene rings is 2. The lowest BCUT2D eigenvalue weighted by Gasteiger charge is -2.44. The Kier molecular flexibility index (Phi) is 4.26. The van der Waals surface area contributed by atoms with Crippen molar-refractivity contribution in [3.63, 3.8) is 0 Å². The van der Waals surface area contributed by atoms with Crippen LogP contribution >= 0.6 is 0 Å². The molecule has 1 saturated carbocycles. The summed E-state index contributed by atoms with van der Waals surface area (Å²) in [5, 5.41) is 1.85. The Hall–Kier alpha value is -1.71. The standard InChI is InChI=1S/C20H24O2Si/c1-20(2,15-16-13-17(21)14-16)23(22,18-9-5-3-6-10-18)19-11-7-4-8-12-19/h3-12,16,22H,13-15H2,1-2H3. The van der Waals surface area contributed by atoms with Gasteiger partial charge in [-0.15, -0.1) is 0 Å². The second kappa shape index (κ2) is 6.06. The van der Waals surface area contributed by atoms with Crippen molar-refractivity contribution in [1.82, 2.24) is 0 Å². The summed E-state index contributed by atoms with van der Waals surface area (Å²) in [5.41, 5.74) is 0. The van der Waals surface area contributed by atoms with Gasteiger partial charge in [-0.05, 0) is 27.8 Å². The highest BCUT2D eigenvalue weighted by atomic mass is 28.4. The molecule has 0 aromatic heterocycles. The van der Waals surface area contributed by atoms with Gasteiger partial charge in [-0.2, -0.15) is 0 Å². The molecule has 0 unspecified atom stereocenters. The molecule has 0 bridgehead atoms. The van der Waals surface area contributed by atoms with E-state index in [2.05, 4.69) is 13.8 Å². The fourth-order valence-corrected chi connectivity index (χ4v) is 7.73. The van der Waals surface area contributed by atoms with E-state index in [4.69, 9.17) is 0 Å². The monoisotopic (exact) mass is 324 g/mol. The third-order valence-corrected chi connectivity index (χ3v) is 9.70. The first kappa shape index (κ1) is 16.2. The van der Waals surface area contributed by atoms with Crippen LogP contribution in [0.2, 0.25) is 5.04 Å². The summed E-state index contributed by atoms with van der Waals surface area (Å²) in [6.45, 7) is 4.34. The first-order chi connectivity index (χ1) is 10.9. The molecular formula is C20H24O2Si. The minimum absolute atomic E-state index is 0.235. The molecule has 1 fully saturated rings. The van der Waals surface area contributed by atoms with E-state index >= 15 is 0 Å². The molecule has 23 heavy (non-hydrogen) atoms. The maximum atomic E-state index is 12.0. The van der Waals surface area contributed by atoms with Gasteiger partial charge in [0.15, 0.2) is 0 Å². The first-order valence-electron chi connectivity index (χ1n) is 8.28. The van der Waals surface area contributed by atoms with Crippen LogP contribution in [0.4, 0.5) is 0 Å². The van der Waals surface area contributed by atoms with Crippen molar-refractivity contribution in [1.29, 1.82) is 0 Å². The SMILES string of the molecule is CC(C)(CC1CC(=O)C1)[Si](O)(c1ccccc1)c1ccccc1. The van der Waals surface area contributed by atoms with Crippen LogP contribution in [0.25, 0.3) is 0 Å². The van der Waals surface area contributed by atoms with E-state index in [-0.39, 0.29) is 5.04 Å². The molecule has 0 radical (unpaired) electrons. The van der Waals surface area contributed by atoms with Gasteiger partial charge in [-0.25, -0.2) is 0 Å². The largest absolute Gasteiger partial charge is 0.424 e. The van der Waals surface area contributed by atoms with E-state index in [1.165, 1.54) is 0 Å². The number of carbonyl (C=O) groups is 1. The lowest BCUT2D eigenvalue weighted by Crippen LogP contribution is -2.65. The van der Waals surface area contributed by atoms with Gasteiger partial charge in [0.2, 0.25) is 0 Å². The van der Waals surface area contributed by atoms with E-state index in [0.29, 0.717) is 24.5 Å². The normalized spacial score (nSPS) is 16.2. The lowest BCUT2D eigenvalue weighted by atomic mass is 9.78. The fraction of sp³-hybridized carbons (Fsp3) is 0.350. The van der Waals surface area contributed by atoms with Gasteiger partial charge in [-0.3, -0.25) is 4.79 Å². The molecule has 2 nitrogen and oxygen atoms in total. The summed E-state index contributed by atoms with van der Waals surface area (Å²) in [6.07, 6.45) is 2.25. The van der Waals surface area contributed by atoms with Crippen molar-refractivity contribution in [2.75, 3.05) is 0 Å². The maximum absolute atomic E-state index is 12.0. The highest BCUT2D eigenvalue weighted by Crippen LogP contribution is 2.45. The van der Waals surface area contributed by atoms with Gasteiger partial charge in [0.25, 0.3) is 8.32 Å². The number of carbonyl (C=O) groups excluding carboxylic acids is 1. The van der Waals surface area contributed by atoms with E-state index in [1.807, 2.05) is 60.7 Å². The zero-order chi connectivity index (χ0) is 16.5. The summed E-state index contributed by atoms with van der Waals surface area (Å²) in [6, 6.07) is 20.2. The van der Waals surface area contributed by atoms with Gasteiger partial charge in [-0.1, -0.05) is 74.5 Å². The minimum Gasteiger partial charge on any atom is -0.424 e. The molecule has 2 aromatic carbocycles. The number of rotatable bonds is 5. The van der Waals surface area contributed by atoms with Crippen LogP contribution in [-0.4, -0.2) is 18.9 Å². The summed E-state index contributed by atoms with van der Waals surface area (Å²) in [5.74, 6) is 0.777. The van der Waals surface area contributed by atoms with E-state index in [0.717, 1.165) is 16.8 Å². The minimum atomic E-state index is -2.91. The van der Waals surface area contributed by atoms with E-state index < -0.39 is 8.32 Å². The smallest absolute Gasteiger partial charge is 0.258 e. The molecule has 3 heteroatoms. The lowest BCUT2D eigenvalue weighted by molar-refractivity contribution is -0.127. The highest BCUT2D eigenvalue weighted by molar-refractivity contribution is 6.98. The number of Topliss-reactive ketones (excluding diaryl/α,β-unsaturated/α-hetero) is 1. The van der Waals surface area contributed by atoms with Crippen LogP contribution in [-0.2, 0) is 4.79 Å². The Labute approximate surface area is 139 Å². The first-order valence-corrected chi connectivity index (χ1v) is 10.2. The zero-order valence-corrected chi connectivity index (χ0v) is 14.8. The van der Waals surface area contributed by atoms with Crippen molar-refractivity contribution in [2.24, 2.45) is 5.92 Å². The molecule has 0 aliphatic heterocycles. The molecule has 0 saturated heterocycles. The Morgan fingerprint density at radius 2 is 1.39 bits per heavy atom. The van der Waals surface area contributed by atoms with Crippen molar-refractivity contribution in [3.8, 4) is 0 Å². The van der Waals surface area contributed by atoms with Crippen LogP contribution in [0.1, 0.15) is 33.1 Å². The van der Waals surface area contributed by atoms with E-state index in [1.54, 1.807) is 0 Å². The Balaban J connectivity index is 2.03. The summed E-state index contributed by atoms with van der Waals surface area (Å²) >= 11 is 0. The van der Waals surface area contributed by atoms with Crippen molar-refractivity contribution < 1.29 is 9.59 Å². The summed E-state index contributed by atoms with van der Waals surface area (Å²) in [7, 11) is -2.91. The zero-order valence-electron chi connectivity index (χ0n) is 13.8.